The van der Waals surface area contributed by atoms with E-state index in [1.54, 1.807) is 0 Å². The van der Waals surface area contributed by atoms with Crippen LogP contribution in [0.1, 0.15) is 6.42 Å². The van der Waals surface area contributed by atoms with Crippen LogP contribution in [0.5, 0.6) is 0 Å². The summed E-state index contributed by atoms with van der Waals surface area (Å²) in [7, 11) is 0. The summed E-state index contributed by atoms with van der Waals surface area (Å²) in [5.74, 6) is -0.395. The first-order valence-corrected chi connectivity index (χ1v) is 6.07. The lowest BCUT2D eigenvalue weighted by atomic mass is 10.1. The number of halogens is 1. The molecule has 1 aromatic carbocycles. The fourth-order valence-electron chi connectivity index (χ4n) is 1.59. The van der Waals surface area contributed by atoms with Crippen LogP contribution in [0.4, 0.5) is 5.69 Å². The van der Waals surface area contributed by atoms with Crippen LogP contribution in [-0.4, -0.2) is 18.4 Å². The van der Waals surface area contributed by atoms with Crippen molar-refractivity contribution in [3.8, 4) is 0 Å². The number of hydrogen-bond donors (Lipinski definition) is 2. The minimum Gasteiger partial charge on any atom is -0.355 e. The molecule has 1 atom stereocenters. The molecule has 1 fully saturated rings. The maximum absolute atomic E-state index is 11.8. The molecule has 0 radical (unpaired) electrons. The highest BCUT2D eigenvalue weighted by molar-refractivity contribution is 14.1. The first-order valence-electron chi connectivity index (χ1n) is 4.99. The standard InChI is InChI=1S/C11H11IN2O2/c12-8-3-1-2-4-9(8)14-11(16)7-5-10(15)13-6-7/h1-4,7H,5-6H2,(H,13,15)(H,14,16). The van der Waals surface area contributed by atoms with Gasteiger partial charge >= 0.3 is 0 Å². The molecule has 0 saturated carbocycles. The van der Waals surface area contributed by atoms with Crippen LogP contribution in [0.2, 0.25) is 0 Å². The van der Waals surface area contributed by atoms with E-state index in [1.165, 1.54) is 0 Å². The summed E-state index contributed by atoms with van der Waals surface area (Å²) in [5.41, 5.74) is 0.799. The molecular weight excluding hydrogens is 319 g/mol. The zero-order valence-corrected chi connectivity index (χ0v) is 10.7. The molecule has 0 aliphatic carbocycles. The largest absolute Gasteiger partial charge is 0.355 e. The number of amides is 2. The molecule has 1 aromatic rings. The van der Waals surface area contributed by atoms with E-state index in [1.807, 2.05) is 24.3 Å². The molecule has 1 heterocycles. The van der Waals surface area contributed by atoms with Crippen LogP contribution >= 0.6 is 22.6 Å². The summed E-state index contributed by atoms with van der Waals surface area (Å²) >= 11 is 2.16. The molecule has 0 spiro atoms. The molecule has 2 amide bonds. The van der Waals surface area contributed by atoms with Gasteiger partial charge in [-0.25, -0.2) is 0 Å². The van der Waals surface area contributed by atoms with Crippen molar-refractivity contribution < 1.29 is 9.59 Å². The van der Waals surface area contributed by atoms with Gasteiger partial charge in [-0.15, -0.1) is 0 Å². The van der Waals surface area contributed by atoms with Crippen molar-refractivity contribution in [1.29, 1.82) is 0 Å². The van der Waals surface area contributed by atoms with E-state index in [4.69, 9.17) is 0 Å². The van der Waals surface area contributed by atoms with E-state index in [9.17, 15) is 9.59 Å². The second-order valence-corrected chi connectivity index (χ2v) is 4.84. The molecule has 0 aromatic heterocycles. The number of anilines is 1. The highest BCUT2D eigenvalue weighted by atomic mass is 127. The van der Waals surface area contributed by atoms with Crippen LogP contribution in [0, 0.1) is 9.49 Å². The Balaban J connectivity index is 2.03. The summed E-state index contributed by atoms with van der Waals surface area (Å²) in [6.07, 6.45) is 0.287. The summed E-state index contributed by atoms with van der Waals surface area (Å²) in [6, 6.07) is 7.56. The first kappa shape index (κ1) is 11.4. The molecular formula is C11H11IN2O2. The van der Waals surface area contributed by atoms with Crippen LogP contribution in [-0.2, 0) is 9.59 Å². The van der Waals surface area contributed by atoms with E-state index in [0.717, 1.165) is 9.26 Å². The Morgan fingerprint density at radius 2 is 2.19 bits per heavy atom. The predicted octanol–water partition coefficient (Wildman–Crippen LogP) is 1.37. The second kappa shape index (κ2) is 4.82. The van der Waals surface area contributed by atoms with Gasteiger partial charge in [-0.1, -0.05) is 12.1 Å². The topological polar surface area (TPSA) is 58.2 Å². The van der Waals surface area contributed by atoms with Gasteiger partial charge < -0.3 is 10.6 Å². The van der Waals surface area contributed by atoms with Crippen LogP contribution in [0.3, 0.4) is 0 Å². The van der Waals surface area contributed by atoms with Crippen molar-refractivity contribution in [3.63, 3.8) is 0 Å². The van der Waals surface area contributed by atoms with Crippen molar-refractivity contribution in [2.45, 2.75) is 6.42 Å². The van der Waals surface area contributed by atoms with Gasteiger partial charge in [0.15, 0.2) is 0 Å². The van der Waals surface area contributed by atoms with Crippen LogP contribution < -0.4 is 10.6 Å². The number of hydrogen-bond acceptors (Lipinski definition) is 2. The van der Waals surface area contributed by atoms with Gasteiger partial charge in [0.25, 0.3) is 0 Å². The maximum Gasteiger partial charge on any atom is 0.229 e. The lowest BCUT2D eigenvalue weighted by molar-refractivity contribution is -0.123. The lowest BCUT2D eigenvalue weighted by Crippen LogP contribution is -2.25. The van der Waals surface area contributed by atoms with E-state index >= 15 is 0 Å². The Morgan fingerprint density at radius 1 is 1.44 bits per heavy atom. The van der Waals surface area contributed by atoms with Gasteiger partial charge in [0.05, 0.1) is 11.6 Å². The van der Waals surface area contributed by atoms with Crippen molar-refractivity contribution in [1.82, 2.24) is 5.32 Å². The van der Waals surface area contributed by atoms with E-state index in [0.29, 0.717) is 6.54 Å². The molecule has 1 aliphatic heterocycles. The van der Waals surface area contributed by atoms with Gasteiger partial charge in [0.1, 0.15) is 0 Å². The summed E-state index contributed by atoms with van der Waals surface area (Å²) in [4.78, 5) is 22.8. The fraction of sp³-hybridized carbons (Fsp3) is 0.273. The van der Waals surface area contributed by atoms with Crippen molar-refractivity contribution in [3.05, 3.63) is 27.8 Å². The average Bonchev–Trinajstić information content (AvgIpc) is 2.68. The molecule has 16 heavy (non-hydrogen) atoms. The Hall–Kier alpha value is -1.11. The zero-order chi connectivity index (χ0) is 11.5. The highest BCUT2D eigenvalue weighted by Gasteiger charge is 2.27. The number of benzene rings is 1. The molecule has 84 valence electrons. The van der Waals surface area contributed by atoms with E-state index in [2.05, 4.69) is 33.2 Å². The molecule has 1 unspecified atom stereocenters. The minimum absolute atomic E-state index is 0.0529. The smallest absolute Gasteiger partial charge is 0.229 e. The highest BCUT2D eigenvalue weighted by Crippen LogP contribution is 2.19. The Morgan fingerprint density at radius 3 is 2.81 bits per heavy atom. The maximum atomic E-state index is 11.8. The van der Waals surface area contributed by atoms with Crippen molar-refractivity contribution in [2.75, 3.05) is 11.9 Å². The normalized spacial score (nSPS) is 19.3. The van der Waals surface area contributed by atoms with E-state index < -0.39 is 0 Å². The van der Waals surface area contributed by atoms with Gasteiger partial charge in [-0.05, 0) is 34.7 Å². The second-order valence-electron chi connectivity index (χ2n) is 3.67. The quantitative estimate of drug-likeness (QED) is 0.805. The third-order valence-electron chi connectivity index (χ3n) is 2.48. The molecule has 0 bridgehead atoms. The molecule has 2 rings (SSSR count). The Bertz CT molecular complexity index is 434. The van der Waals surface area contributed by atoms with Gasteiger partial charge in [0.2, 0.25) is 11.8 Å². The number of rotatable bonds is 2. The zero-order valence-electron chi connectivity index (χ0n) is 8.50. The lowest BCUT2D eigenvalue weighted by Gasteiger charge is -2.10. The molecule has 5 heteroatoms. The number of nitrogens with one attached hydrogen (secondary N) is 2. The molecule has 1 aliphatic rings. The first-order chi connectivity index (χ1) is 7.66. The molecule has 4 nitrogen and oxygen atoms in total. The van der Waals surface area contributed by atoms with Crippen LogP contribution in [0.25, 0.3) is 0 Å². The van der Waals surface area contributed by atoms with Gasteiger partial charge in [-0.2, -0.15) is 0 Å². The molecule has 1 saturated heterocycles. The summed E-state index contributed by atoms with van der Waals surface area (Å²) < 4.78 is 0.991. The third-order valence-corrected chi connectivity index (χ3v) is 3.42. The van der Waals surface area contributed by atoms with Gasteiger partial charge in [0, 0.05) is 16.5 Å². The predicted molar refractivity (Wildman–Crippen MR) is 68.9 cm³/mol. The fourth-order valence-corrected chi connectivity index (χ4v) is 2.11. The molecule has 2 N–H and O–H groups in total. The van der Waals surface area contributed by atoms with Crippen molar-refractivity contribution >= 4 is 40.1 Å². The van der Waals surface area contributed by atoms with Crippen molar-refractivity contribution in [2.24, 2.45) is 5.92 Å². The summed E-state index contributed by atoms with van der Waals surface area (Å²) in [5, 5.41) is 5.48. The SMILES string of the molecule is O=C1CC(C(=O)Nc2ccccc2I)CN1. The monoisotopic (exact) mass is 330 g/mol. The average molecular weight is 330 g/mol. The number of carbonyl (C=O) groups is 2. The summed E-state index contributed by atoms with van der Waals surface area (Å²) in [6.45, 7) is 0.439. The Kier molecular flexibility index (Phi) is 3.42. The van der Waals surface area contributed by atoms with Gasteiger partial charge in [-0.3, -0.25) is 9.59 Å². The Labute approximate surface area is 107 Å². The minimum atomic E-state index is -0.247. The third kappa shape index (κ3) is 2.52. The van der Waals surface area contributed by atoms with Crippen LogP contribution in [0.15, 0.2) is 24.3 Å². The number of para-hydroxylation sites is 1. The number of carbonyl (C=O) groups excluding carboxylic acids is 2. The van der Waals surface area contributed by atoms with E-state index in [-0.39, 0.29) is 24.2 Å².